The lowest BCUT2D eigenvalue weighted by Crippen LogP contribution is -2.34. The summed E-state index contributed by atoms with van der Waals surface area (Å²) in [5, 5.41) is 20.5. The van der Waals surface area contributed by atoms with Gasteiger partial charge in [-0.15, -0.1) is 5.11 Å². The number of hydrogen-bond acceptors (Lipinski definition) is 6. The van der Waals surface area contributed by atoms with E-state index in [1.807, 2.05) is 50.2 Å². The fourth-order valence-electron chi connectivity index (χ4n) is 2.61. The Morgan fingerprint density at radius 3 is 2.41 bits per heavy atom. The molecule has 2 amide bonds. The molecule has 3 rings (SSSR count). The number of hydrogen-bond donors (Lipinski definition) is 2. The normalized spacial score (nSPS) is 14.2. The number of carbonyl (C=O) groups is 2. The van der Waals surface area contributed by atoms with Crippen LogP contribution in [0.2, 0.25) is 0 Å². The Morgan fingerprint density at radius 2 is 1.70 bits per heavy atom. The maximum absolute atomic E-state index is 12.3. The first-order valence-corrected chi connectivity index (χ1v) is 8.52. The number of benzene rings is 2. The third-order valence-corrected chi connectivity index (χ3v) is 4.06. The number of rotatable bonds is 6. The maximum atomic E-state index is 12.3. The van der Waals surface area contributed by atoms with Crippen LogP contribution in [0.1, 0.15) is 11.1 Å². The molecule has 0 bridgehead atoms. The van der Waals surface area contributed by atoms with Gasteiger partial charge in [0.1, 0.15) is 11.4 Å². The van der Waals surface area contributed by atoms with Crippen LogP contribution in [0, 0.1) is 13.8 Å². The molecule has 0 unspecified atom stereocenters. The van der Waals surface area contributed by atoms with Gasteiger partial charge in [0, 0.05) is 6.08 Å². The number of anilines is 1. The Hall–Kier alpha value is -3.32. The van der Waals surface area contributed by atoms with Crippen LogP contribution in [0.4, 0.5) is 17.1 Å². The number of aliphatic hydroxyl groups excluding tert-OH is 1. The molecule has 0 saturated heterocycles. The van der Waals surface area contributed by atoms with Gasteiger partial charge in [-0.05, 0) is 43.7 Å². The first-order valence-electron chi connectivity index (χ1n) is 8.52. The van der Waals surface area contributed by atoms with Crippen LogP contribution in [-0.2, 0) is 9.59 Å². The second-order valence-corrected chi connectivity index (χ2v) is 6.26. The van der Waals surface area contributed by atoms with E-state index in [4.69, 9.17) is 5.11 Å². The summed E-state index contributed by atoms with van der Waals surface area (Å²) in [4.78, 5) is 25.2. The average molecular weight is 364 g/mol. The van der Waals surface area contributed by atoms with Crippen LogP contribution in [0.3, 0.4) is 0 Å². The lowest BCUT2D eigenvalue weighted by Gasteiger charge is -2.14. The maximum Gasteiger partial charge on any atom is 0.277 e. The number of carbonyl (C=O) groups excluding carboxylic acids is 2. The molecule has 2 aromatic rings. The van der Waals surface area contributed by atoms with Gasteiger partial charge >= 0.3 is 0 Å². The van der Waals surface area contributed by atoms with E-state index in [-0.39, 0.29) is 18.8 Å². The van der Waals surface area contributed by atoms with Gasteiger partial charge in [-0.3, -0.25) is 14.5 Å². The molecule has 1 aliphatic rings. The lowest BCUT2D eigenvalue weighted by atomic mass is 10.2. The van der Waals surface area contributed by atoms with E-state index in [1.165, 1.54) is 6.08 Å². The molecule has 7 heteroatoms. The number of nitrogens with zero attached hydrogens (tertiary/aromatic N) is 3. The highest BCUT2D eigenvalue weighted by molar-refractivity contribution is 6.17. The minimum atomic E-state index is -0.476. The van der Waals surface area contributed by atoms with Gasteiger partial charge in [0.25, 0.3) is 11.8 Å². The second-order valence-electron chi connectivity index (χ2n) is 6.26. The molecule has 0 fully saturated rings. The standard InChI is InChI=1S/C20H20N4O3/c1-13-3-6-15(7-4-13)22-23-17-11-14(2)5-8-16(17)21-18-12-19(26)24(9-10-25)20(18)27/h3-8,11-12,21,25H,9-10H2,1-2H3. The van der Waals surface area contributed by atoms with Gasteiger partial charge in [-0.2, -0.15) is 5.11 Å². The first kappa shape index (κ1) is 18.5. The molecule has 7 nitrogen and oxygen atoms in total. The third-order valence-electron chi connectivity index (χ3n) is 4.06. The summed E-state index contributed by atoms with van der Waals surface area (Å²) in [6.07, 6.45) is 1.22. The van der Waals surface area contributed by atoms with Crippen LogP contribution >= 0.6 is 0 Å². The van der Waals surface area contributed by atoms with Crippen LogP contribution in [0.25, 0.3) is 0 Å². The molecule has 1 aliphatic heterocycles. The Labute approximate surface area is 157 Å². The van der Waals surface area contributed by atoms with Crippen LogP contribution in [0.5, 0.6) is 0 Å². The van der Waals surface area contributed by atoms with Gasteiger partial charge in [0.15, 0.2) is 0 Å². The Kier molecular flexibility index (Phi) is 5.42. The SMILES string of the molecule is Cc1ccc(N=Nc2cc(C)ccc2NC2=CC(=O)N(CCO)C2=O)cc1. The molecule has 0 saturated carbocycles. The summed E-state index contributed by atoms with van der Waals surface area (Å²) in [6, 6.07) is 13.1. The second kappa shape index (κ2) is 7.92. The van der Waals surface area contributed by atoms with Crippen molar-refractivity contribution in [3.63, 3.8) is 0 Å². The molecular weight excluding hydrogens is 344 g/mol. The molecule has 138 valence electrons. The smallest absolute Gasteiger partial charge is 0.277 e. The van der Waals surface area contributed by atoms with Crippen molar-refractivity contribution < 1.29 is 14.7 Å². The van der Waals surface area contributed by atoms with Crippen LogP contribution in [0.15, 0.2) is 64.5 Å². The van der Waals surface area contributed by atoms with Gasteiger partial charge < -0.3 is 10.4 Å². The van der Waals surface area contributed by atoms with Gasteiger partial charge in [-0.25, -0.2) is 0 Å². The number of imide groups is 1. The Morgan fingerprint density at radius 1 is 1.00 bits per heavy atom. The zero-order valence-electron chi connectivity index (χ0n) is 15.1. The molecular formula is C20H20N4O3. The number of β-amino-alcohol motifs (C(OH)–C–C–N with tert-alkyl or cyclic N) is 1. The lowest BCUT2D eigenvalue weighted by molar-refractivity contribution is -0.137. The Balaban J connectivity index is 1.84. The number of nitrogens with one attached hydrogen (secondary N) is 1. The highest BCUT2D eigenvalue weighted by Gasteiger charge is 2.30. The number of amides is 2. The van der Waals surface area contributed by atoms with Gasteiger partial charge in [0.2, 0.25) is 0 Å². The topological polar surface area (TPSA) is 94.4 Å². The van der Waals surface area contributed by atoms with E-state index < -0.39 is 11.8 Å². The largest absolute Gasteiger partial charge is 0.395 e. The van der Waals surface area contributed by atoms with Crippen molar-refractivity contribution in [3.8, 4) is 0 Å². The zero-order valence-corrected chi connectivity index (χ0v) is 15.1. The van der Waals surface area contributed by atoms with Crippen molar-refractivity contribution in [2.75, 3.05) is 18.5 Å². The molecule has 0 aromatic heterocycles. The monoisotopic (exact) mass is 364 g/mol. The molecule has 0 spiro atoms. The minimum absolute atomic E-state index is 0.0345. The van der Waals surface area contributed by atoms with Crippen LogP contribution in [-0.4, -0.2) is 35.0 Å². The van der Waals surface area contributed by atoms with Crippen molar-refractivity contribution in [1.29, 1.82) is 0 Å². The fraction of sp³-hybridized carbons (Fsp3) is 0.200. The summed E-state index contributed by atoms with van der Waals surface area (Å²) < 4.78 is 0. The summed E-state index contributed by atoms with van der Waals surface area (Å²) >= 11 is 0. The molecule has 2 N–H and O–H groups in total. The van der Waals surface area contributed by atoms with Crippen molar-refractivity contribution in [2.24, 2.45) is 10.2 Å². The van der Waals surface area contributed by atoms with Crippen molar-refractivity contribution in [3.05, 3.63) is 65.4 Å². The number of aryl methyl sites for hydroxylation is 2. The van der Waals surface area contributed by atoms with E-state index in [1.54, 1.807) is 6.07 Å². The number of aliphatic hydroxyl groups is 1. The molecule has 0 aliphatic carbocycles. The summed E-state index contributed by atoms with van der Waals surface area (Å²) in [5.41, 5.74) is 4.10. The van der Waals surface area contributed by atoms with Crippen molar-refractivity contribution >= 4 is 28.9 Å². The molecule has 0 atom stereocenters. The van der Waals surface area contributed by atoms with Crippen LogP contribution < -0.4 is 5.32 Å². The average Bonchev–Trinajstić information content (AvgIpc) is 2.91. The first-order chi connectivity index (χ1) is 13.0. The summed E-state index contributed by atoms with van der Waals surface area (Å²) in [6.45, 7) is 3.62. The predicted octanol–water partition coefficient (Wildman–Crippen LogP) is 3.38. The van der Waals surface area contributed by atoms with Gasteiger partial charge in [0.05, 0.1) is 24.5 Å². The quantitative estimate of drug-likeness (QED) is 0.607. The zero-order chi connectivity index (χ0) is 19.4. The minimum Gasteiger partial charge on any atom is -0.395 e. The highest BCUT2D eigenvalue weighted by Crippen LogP contribution is 2.30. The molecule has 0 radical (unpaired) electrons. The molecule has 27 heavy (non-hydrogen) atoms. The molecule has 1 heterocycles. The van der Waals surface area contributed by atoms with E-state index in [0.29, 0.717) is 17.1 Å². The van der Waals surface area contributed by atoms with Crippen molar-refractivity contribution in [2.45, 2.75) is 13.8 Å². The number of azo groups is 1. The fourth-order valence-corrected chi connectivity index (χ4v) is 2.61. The van der Waals surface area contributed by atoms with E-state index in [0.717, 1.165) is 16.0 Å². The predicted molar refractivity (Wildman–Crippen MR) is 102 cm³/mol. The van der Waals surface area contributed by atoms with E-state index >= 15 is 0 Å². The van der Waals surface area contributed by atoms with Crippen molar-refractivity contribution in [1.82, 2.24) is 4.90 Å². The summed E-state index contributed by atoms with van der Waals surface area (Å²) in [7, 11) is 0. The molecule has 2 aromatic carbocycles. The van der Waals surface area contributed by atoms with E-state index in [2.05, 4.69) is 15.5 Å². The van der Waals surface area contributed by atoms with E-state index in [9.17, 15) is 9.59 Å². The highest BCUT2D eigenvalue weighted by atomic mass is 16.3. The third kappa shape index (κ3) is 4.27. The summed E-state index contributed by atoms with van der Waals surface area (Å²) in [5.74, 6) is -0.928. The Bertz CT molecular complexity index is 933. The van der Waals surface area contributed by atoms with Gasteiger partial charge in [-0.1, -0.05) is 23.8 Å².